The second-order valence-corrected chi connectivity index (χ2v) is 9.64. The third-order valence-corrected chi connectivity index (χ3v) is 7.21. The second kappa shape index (κ2) is 8.14. The van der Waals surface area contributed by atoms with E-state index in [9.17, 15) is 5.11 Å². The molecular formula is C31H22N3OPt-. The molecule has 0 saturated carbocycles. The SMILES string of the molecule is CC1(C)c2cc3ccc4cc5cccc(O)c5nc4c3[c-]c2N(c2ccccn2)c2ccccc21.[Pt]. The number of anilines is 3. The number of phenols is 1. The van der Waals surface area contributed by atoms with Crippen molar-refractivity contribution in [3.63, 3.8) is 0 Å². The first-order chi connectivity index (χ1) is 17.0. The Kier molecular flexibility index (Phi) is 5.13. The van der Waals surface area contributed by atoms with Gasteiger partial charge in [-0.25, -0.2) is 4.98 Å². The molecule has 0 atom stereocenters. The summed E-state index contributed by atoms with van der Waals surface area (Å²) in [5.74, 6) is 1.04. The largest absolute Gasteiger partial charge is 0.506 e. The van der Waals surface area contributed by atoms with Gasteiger partial charge in [0.1, 0.15) is 17.1 Å². The summed E-state index contributed by atoms with van der Waals surface area (Å²) in [5, 5.41) is 14.4. The Bertz CT molecular complexity index is 1800. The second-order valence-electron chi connectivity index (χ2n) is 9.64. The number of aromatic nitrogens is 2. The molecule has 7 rings (SSSR count). The molecule has 0 bridgehead atoms. The predicted molar refractivity (Wildman–Crippen MR) is 142 cm³/mol. The van der Waals surface area contributed by atoms with Gasteiger partial charge in [-0.2, -0.15) is 0 Å². The van der Waals surface area contributed by atoms with Gasteiger partial charge in [-0.05, 0) is 51.8 Å². The van der Waals surface area contributed by atoms with Crippen molar-refractivity contribution < 1.29 is 26.2 Å². The molecule has 3 heterocycles. The standard InChI is InChI=1S/C31H22N3O.Pt/c1-31(2)23-9-3-4-10-25(23)34(28-12-5-6-15-32-28)26-18-22-19(17-24(26)31)13-14-21-16-20-8-7-11-27(35)30(20)33-29(21)22;/h3-17,35H,1-2H3;/q-1;. The average Bonchev–Trinajstić information content (AvgIpc) is 2.88. The van der Waals surface area contributed by atoms with Gasteiger partial charge in [0.15, 0.2) is 0 Å². The number of rotatable bonds is 1. The number of benzene rings is 4. The molecule has 0 amide bonds. The van der Waals surface area contributed by atoms with E-state index in [1.165, 1.54) is 11.1 Å². The van der Waals surface area contributed by atoms with Crippen LogP contribution in [0.2, 0.25) is 0 Å². The Labute approximate surface area is 223 Å². The van der Waals surface area contributed by atoms with Crippen molar-refractivity contribution in [3.8, 4) is 5.75 Å². The molecule has 0 saturated heterocycles. The molecule has 1 aliphatic heterocycles. The first-order valence-electron chi connectivity index (χ1n) is 11.7. The number of para-hydroxylation sites is 2. The molecule has 0 fully saturated rings. The van der Waals surface area contributed by atoms with Gasteiger partial charge in [0.05, 0.1) is 0 Å². The van der Waals surface area contributed by atoms with E-state index in [1.54, 1.807) is 6.07 Å². The van der Waals surface area contributed by atoms with E-state index in [0.717, 1.165) is 44.3 Å². The summed E-state index contributed by atoms with van der Waals surface area (Å²) < 4.78 is 0. The molecular weight excluding hydrogens is 625 g/mol. The Morgan fingerprint density at radius 3 is 2.39 bits per heavy atom. The third-order valence-electron chi connectivity index (χ3n) is 7.21. The summed E-state index contributed by atoms with van der Waals surface area (Å²) in [4.78, 5) is 11.8. The van der Waals surface area contributed by atoms with Crippen molar-refractivity contribution in [2.75, 3.05) is 4.90 Å². The normalized spacial score (nSPS) is 13.9. The molecule has 0 radical (unpaired) electrons. The molecule has 0 spiro atoms. The zero-order chi connectivity index (χ0) is 23.7. The maximum atomic E-state index is 10.5. The van der Waals surface area contributed by atoms with Gasteiger partial charge in [0, 0.05) is 38.3 Å². The molecule has 36 heavy (non-hydrogen) atoms. The molecule has 1 N–H and O–H groups in total. The Balaban J connectivity index is 0.00000240. The summed E-state index contributed by atoms with van der Waals surface area (Å²) in [6.07, 6.45) is 1.82. The van der Waals surface area contributed by atoms with Gasteiger partial charge in [0.2, 0.25) is 0 Å². The number of nitrogens with zero attached hydrogens (tertiary/aromatic N) is 3. The van der Waals surface area contributed by atoms with Crippen LogP contribution in [0.15, 0.2) is 91.1 Å². The van der Waals surface area contributed by atoms with Crippen molar-refractivity contribution in [2.45, 2.75) is 19.3 Å². The summed E-state index contributed by atoms with van der Waals surface area (Å²) in [6, 6.07) is 32.4. The van der Waals surface area contributed by atoms with Gasteiger partial charge >= 0.3 is 0 Å². The van der Waals surface area contributed by atoms with Gasteiger partial charge in [0.25, 0.3) is 0 Å². The molecule has 178 valence electrons. The number of hydrogen-bond donors (Lipinski definition) is 1. The van der Waals surface area contributed by atoms with Gasteiger partial charge in [-0.15, -0.1) is 22.9 Å². The molecule has 4 aromatic carbocycles. The maximum absolute atomic E-state index is 10.5. The fourth-order valence-electron chi connectivity index (χ4n) is 5.43. The number of hydrogen-bond acceptors (Lipinski definition) is 4. The molecule has 2 aromatic heterocycles. The third kappa shape index (κ3) is 3.18. The smallest absolute Gasteiger partial charge is 0.140 e. The first-order valence-corrected chi connectivity index (χ1v) is 11.7. The summed E-state index contributed by atoms with van der Waals surface area (Å²) in [5.41, 5.74) is 5.74. The van der Waals surface area contributed by atoms with Crippen LogP contribution in [0.1, 0.15) is 25.0 Å². The van der Waals surface area contributed by atoms with Crippen LogP contribution < -0.4 is 4.90 Å². The number of pyridine rings is 2. The van der Waals surface area contributed by atoms with Crippen molar-refractivity contribution in [1.29, 1.82) is 0 Å². The Morgan fingerprint density at radius 2 is 1.56 bits per heavy atom. The zero-order valence-corrected chi connectivity index (χ0v) is 22.0. The van der Waals surface area contributed by atoms with Crippen molar-refractivity contribution in [1.82, 2.24) is 9.97 Å². The van der Waals surface area contributed by atoms with Crippen LogP contribution in [-0.4, -0.2) is 15.1 Å². The van der Waals surface area contributed by atoms with E-state index in [2.05, 4.69) is 73.3 Å². The molecule has 1 aliphatic rings. The molecule has 0 aliphatic carbocycles. The van der Waals surface area contributed by atoms with Gasteiger partial charge in [-0.1, -0.05) is 74.0 Å². The Hall–Kier alpha value is -3.75. The molecule has 4 nitrogen and oxygen atoms in total. The summed E-state index contributed by atoms with van der Waals surface area (Å²) >= 11 is 0. The fraction of sp³-hybridized carbons (Fsp3) is 0.0968. The van der Waals surface area contributed by atoms with E-state index in [4.69, 9.17) is 9.97 Å². The van der Waals surface area contributed by atoms with E-state index in [0.29, 0.717) is 5.52 Å². The minimum atomic E-state index is -0.216. The minimum Gasteiger partial charge on any atom is -0.506 e. The minimum absolute atomic E-state index is 0. The molecule has 0 unspecified atom stereocenters. The van der Waals surface area contributed by atoms with Crippen LogP contribution in [0.5, 0.6) is 5.75 Å². The van der Waals surface area contributed by atoms with Crippen LogP contribution in [-0.2, 0) is 26.5 Å². The van der Waals surface area contributed by atoms with Crippen molar-refractivity contribution >= 4 is 49.8 Å². The van der Waals surface area contributed by atoms with E-state index in [-0.39, 0.29) is 32.2 Å². The summed E-state index contributed by atoms with van der Waals surface area (Å²) in [7, 11) is 0. The van der Waals surface area contributed by atoms with E-state index < -0.39 is 0 Å². The van der Waals surface area contributed by atoms with E-state index in [1.807, 2.05) is 36.5 Å². The predicted octanol–water partition coefficient (Wildman–Crippen LogP) is 7.55. The number of phenolic OH excluding ortho intramolecular Hbond substituents is 1. The van der Waals surface area contributed by atoms with Crippen LogP contribution in [0.25, 0.3) is 32.6 Å². The van der Waals surface area contributed by atoms with Gasteiger partial charge in [-0.3, -0.25) is 4.98 Å². The monoisotopic (exact) mass is 647 g/mol. The van der Waals surface area contributed by atoms with Crippen LogP contribution >= 0.6 is 0 Å². The number of fused-ring (bicyclic) bond motifs is 6. The average molecular weight is 648 g/mol. The summed E-state index contributed by atoms with van der Waals surface area (Å²) in [6.45, 7) is 4.54. The topological polar surface area (TPSA) is 49.3 Å². The van der Waals surface area contributed by atoms with Crippen LogP contribution in [0, 0.1) is 6.07 Å². The molecule has 5 heteroatoms. The van der Waals surface area contributed by atoms with Crippen molar-refractivity contribution in [2.24, 2.45) is 0 Å². The quantitative estimate of drug-likeness (QED) is 0.114. The fourth-order valence-corrected chi connectivity index (χ4v) is 5.43. The van der Waals surface area contributed by atoms with Crippen LogP contribution in [0.4, 0.5) is 17.2 Å². The Morgan fingerprint density at radius 1 is 0.778 bits per heavy atom. The first kappa shape index (κ1) is 22.7. The van der Waals surface area contributed by atoms with Gasteiger partial charge < -0.3 is 10.0 Å². The van der Waals surface area contributed by atoms with Crippen molar-refractivity contribution in [3.05, 3.63) is 108 Å². The molecule has 6 aromatic rings. The maximum Gasteiger partial charge on any atom is 0.140 e. The number of aromatic hydroxyl groups is 1. The zero-order valence-electron chi connectivity index (χ0n) is 19.8. The van der Waals surface area contributed by atoms with Crippen LogP contribution in [0.3, 0.4) is 0 Å². The van der Waals surface area contributed by atoms with E-state index >= 15 is 0 Å².